The summed E-state index contributed by atoms with van der Waals surface area (Å²) in [5, 5.41) is 3.46. The van der Waals surface area contributed by atoms with Crippen molar-refractivity contribution in [1.29, 1.82) is 0 Å². The molecule has 4 nitrogen and oxygen atoms in total. The Bertz CT molecular complexity index is 192. The first-order valence-electron chi connectivity index (χ1n) is 7.26. The van der Waals surface area contributed by atoms with Crippen molar-refractivity contribution in [1.82, 2.24) is 10.2 Å². The molecule has 0 aromatic heterocycles. The van der Waals surface area contributed by atoms with Crippen LogP contribution in [0.1, 0.15) is 26.7 Å². The zero-order valence-corrected chi connectivity index (χ0v) is 12.3. The Morgan fingerprint density at radius 1 is 1.22 bits per heavy atom. The topological polar surface area (TPSA) is 33.7 Å². The van der Waals surface area contributed by atoms with Gasteiger partial charge in [0.1, 0.15) is 0 Å². The van der Waals surface area contributed by atoms with Crippen molar-refractivity contribution >= 4 is 0 Å². The maximum Gasteiger partial charge on any atom is 0.0596 e. The third-order valence-electron chi connectivity index (χ3n) is 3.48. The zero-order valence-electron chi connectivity index (χ0n) is 12.3. The minimum absolute atomic E-state index is 0.354. The fraction of sp³-hybridized carbons (Fsp3) is 1.00. The largest absolute Gasteiger partial charge is 0.383 e. The summed E-state index contributed by atoms with van der Waals surface area (Å²) in [7, 11) is 1.75. The molecule has 0 radical (unpaired) electrons. The number of nitrogens with zero attached hydrogens (tertiary/aromatic N) is 1. The second-order valence-electron chi connectivity index (χ2n) is 5.40. The van der Waals surface area contributed by atoms with Crippen LogP contribution in [0.25, 0.3) is 0 Å². The predicted molar refractivity (Wildman–Crippen MR) is 75.0 cm³/mol. The number of hydrogen-bond donors (Lipinski definition) is 1. The van der Waals surface area contributed by atoms with Crippen molar-refractivity contribution in [2.75, 3.05) is 53.0 Å². The number of likely N-dealkylation sites (tertiary alicyclic amines) is 1. The summed E-state index contributed by atoms with van der Waals surface area (Å²) in [6, 6.07) is 0. The Morgan fingerprint density at radius 2 is 1.94 bits per heavy atom. The molecule has 1 rings (SSSR count). The first-order valence-corrected chi connectivity index (χ1v) is 7.26. The highest BCUT2D eigenvalue weighted by atomic mass is 16.5. The van der Waals surface area contributed by atoms with Gasteiger partial charge in [0, 0.05) is 20.2 Å². The van der Waals surface area contributed by atoms with Crippen LogP contribution < -0.4 is 5.32 Å². The van der Waals surface area contributed by atoms with E-state index < -0.39 is 0 Å². The monoisotopic (exact) mass is 258 g/mol. The smallest absolute Gasteiger partial charge is 0.0596 e. The van der Waals surface area contributed by atoms with Crippen molar-refractivity contribution in [3.63, 3.8) is 0 Å². The maximum atomic E-state index is 5.60. The molecule has 1 N–H and O–H groups in total. The molecule has 0 saturated carbocycles. The predicted octanol–water partition coefficient (Wildman–Crippen LogP) is 1.36. The first-order chi connectivity index (χ1) is 8.72. The highest BCUT2D eigenvalue weighted by molar-refractivity contribution is 4.73. The average molecular weight is 258 g/mol. The highest BCUT2D eigenvalue weighted by Crippen LogP contribution is 2.15. The van der Waals surface area contributed by atoms with Gasteiger partial charge in [-0.25, -0.2) is 0 Å². The minimum atomic E-state index is 0.354. The lowest BCUT2D eigenvalue weighted by molar-refractivity contribution is 0.0507. The highest BCUT2D eigenvalue weighted by Gasteiger charge is 2.18. The van der Waals surface area contributed by atoms with Gasteiger partial charge in [-0.3, -0.25) is 0 Å². The number of ether oxygens (including phenoxy) is 2. The molecule has 0 aliphatic carbocycles. The van der Waals surface area contributed by atoms with E-state index in [9.17, 15) is 0 Å². The lowest BCUT2D eigenvalue weighted by Gasteiger charge is -2.32. The molecule has 1 saturated heterocycles. The number of rotatable bonds is 9. The van der Waals surface area contributed by atoms with E-state index in [1.807, 2.05) is 0 Å². The van der Waals surface area contributed by atoms with Crippen LogP contribution in [0.3, 0.4) is 0 Å². The van der Waals surface area contributed by atoms with E-state index >= 15 is 0 Å². The van der Waals surface area contributed by atoms with Gasteiger partial charge in [0.25, 0.3) is 0 Å². The average Bonchev–Trinajstić information content (AvgIpc) is 2.36. The summed E-state index contributed by atoms with van der Waals surface area (Å²) >= 11 is 0. The van der Waals surface area contributed by atoms with Crippen LogP contribution in [-0.2, 0) is 9.47 Å². The van der Waals surface area contributed by atoms with Gasteiger partial charge in [-0.15, -0.1) is 0 Å². The summed E-state index contributed by atoms with van der Waals surface area (Å²) < 4.78 is 10.6. The Hall–Kier alpha value is -0.160. The SMILES string of the molecule is COCCNCC1CCN(CCOC(C)C)CC1. The quantitative estimate of drug-likeness (QED) is 0.633. The summed E-state index contributed by atoms with van der Waals surface area (Å²) in [5.41, 5.74) is 0. The first kappa shape index (κ1) is 15.9. The van der Waals surface area contributed by atoms with Gasteiger partial charge in [0.2, 0.25) is 0 Å². The normalized spacial score (nSPS) is 18.7. The van der Waals surface area contributed by atoms with Gasteiger partial charge >= 0.3 is 0 Å². The van der Waals surface area contributed by atoms with E-state index in [2.05, 4.69) is 24.1 Å². The molecule has 1 fully saturated rings. The molecule has 0 atom stereocenters. The van der Waals surface area contributed by atoms with Crippen LogP contribution in [0.4, 0.5) is 0 Å². The number of piperidine rings is 1. The van der Waals surface area contributed by atoms with Crippen LogP contribution in [-0.4, -0.2) is 64.1 Å². The van der Waals surface area contributed by atoms with Crippen LogP contribution in [0.15, 0.2) is 0 Å². The molecule has 18 heavy (non-hydrogen) atoms. The molecule has 0 amide bonds. The zero-order chi connectivity index (χ0) is 13.2. The molecule has 108 valence electrons. The Morgan fingerprint density at radius 3 is 2.56 bits per heavy atom. The molecule has 0 aromatic rings. The van der Waals surface area contributed by atoms with Crippen LogP contribution in [0, 0.1) is 5.92 Å². The van der Waals surface area contributed by atoms with Crippen molar-refractivity contribution in [3.05, 3.63) is 0 Å². The molecule has 4 heteroatoms. The molecule has 1 aliphatic rings. The van der Waals surface area contributed by atoms with Crippen LogP contribution >= 0.6 is 0 Å². The second-order valence-corrected chi connectivity index (χ2v) is 5.40. The number of methoxy groups -OCH3 is 1. The summed E-state index contributed by atoms with van der Waals surface area (Å²) in [4.78, 5) is 2.52. The Kier molecular flexibility index (Phi) is 8.59. The van der Waals surface area contributed by atoms with E-state index in [0.29, 0.717) is 6.10 Å². The van der Waals surface area contributed by atoms with Crippen molar-refractivity contribution in [3.8, 4) is 0 Å². The third-order valence-corrected chi connectivity index (χ3v) is 3.48. The van der Waals surface area contributed by atoms with E-state index in [1.54, 1.807) is 7.11 Å². The van der Waals surface area contributed by atoms with Gasteiger partial charge in [-0.1, -0.05) is 0 Å². The van der Waals surface area contributed by atoms with E-state index in [-0.39, 0.29) is 0 Å². The molecule has 0 aromatic carbocycles. The van der Waals surface area contributed by atoms with Crippen molar-refractivity contribution < 1.29 is 9.47 Å². The van der Waals surface area contributed by atoms with Crippen LogP contribution in [0.2, 0.25) is 0 Å². The standard InChI is InChI=1S/C14H30N2O2/c1-13(2)18-11-9-16-7-4-14(5-8-16)12-15-6-10-17-3/h13-15H,4-12H2,1-3H3. The lowest BCUT2D eigenvalue weighted by atomic mass is 9.97. The Labute approximate surface area is 112 Å². The Balaban J connectivity index is 1.98. The van der Waals surface area contributed by atoms with Gasteiger partial charge in [-0.2, -0.15) is 0 Å². The number of nitrogens with one attached hydrogen (secondary N) is 1. The summed E-state index contributed by atoms with van der Waals surface area (Å²) in [6.45, 7) is 11.5. The van der Waals surface area contributed by atoms with Gasteiger partial charge in [0.05, 0.1) is 19.3 Å². The van der Waals surface area contributed by atoms with Crippen molar-refractivity contribution in [2.24, 2.45) is 5.92 Å². The molecule has 0 bridgehead atoms. The molecular formula is C14H30N2O2. The van der Waals surface area contributed by atoms with E-state index in [0.717, 1.165) is 38.8 Å². The van der Waals surface area contributed by atoms with Gasteiger partial charge in [0.15, 0.2) is 0 Å². The molecule has 1 aliphatic heterocycles. The van der Waals surface area contributed by atoms with Gasteiger partial charge < -0.3 is 19.7 Å². The van der Waals surface area contributed by atoms with Crippen LogP contribution in [0.5, 0.6) is 0 Å². The molecular weight excluding hydrogens is 228 g/mol. The summed E-state index contributed by atoms with van der Waals surface area (Å²) in [6.07, 6.45) is 2.97. The molecule has 1 heterocycles. The maximum absolute atomic E-state index is 5.60. The second kappa shape index (κ2) is 9.73. The number of hydrogen-bond acceptors (Lipinski definition) is 4. The fourth-order valence-electron chi connectivity index (χ4n) is 2.31. The van der Waals surface area contributed by atoms with Crippen molar-refractivity contribution in [2.45, 2.75) is 32.8 Å². The minimum Gasteiger partial charge on any atom is -0.383 e. The van der Waals surface area contributed by atoms with E-state index in [1.165, 1.54) is 25.9 Å². The molecule has 0 unspecified atom stereocenters. The third kappa shape index (κ3) is 7.31. The molecule has 0 spiro atoms. The van der Waals surface area contributed by atoms with Gasteiger partial charge in [-0.05, 0) is 52.2 Å². The fourth-order valence-corrected chi connectivity index (χ4v) is 2.31. The lowest BCUT2D eigenvalue weighted by Crippen LogP contribution is -2.39. The summed E-state index contributed by atoms with van der Waals surface area (Å²) in [5.74, 6) is 0.837. The van der Waals surface area contributed by atoms with E-state index in [4.69, 9.17) is 9.47 Å².